The quantitative estimate of drug-likeness (QED) is 0.123. The molecule has 0 bridgehead atoms. The summed E-state index contributed by atoms with van der Waals surface area (Å²) in [5.41, 5.74) is 13.8. The molecular formula is C48H52IrN2SSi-2. The zero-order valence-corrected chi connectivity index (χ0v) is 37.4. The van der Waals surface area contributed by atoms with Crippen LogP contribution in [0.4, 0.5) is 0 Å². The van der Waals surface area contributed by atoms with Crippen molar-refractivity contribution in [3.63, 3.8) is 0 Å². The fraction of sp³-hybridized carbons (Fsp3) is 0.292. The van der Waals surface area contributed by atoms with Gasteiger partial charge in [-0.3, -0.25) is 0 Å². The molecule has 275 valence electrons. The first kappa shape index (κ1) is 40.5. The molecule has 0 aliphatic rings. The Hall–Kier alpha value is -3.73. The van der Waals surface area contributed by atoms with Crippen molar-refractivity contribution in [1.82, 2.24) is 9.97 Å². The summed E-state index contributed by atoms with van der Waals surface area (Å²) in [7, 11) is -1.34. The molecule has 0 aliphatic heterocycles. The van der Waals surface area contributed by atoms with Gasteiger partial charge in [0.05, 0.1) is 8.07 Å². The summed E-state index contributed by atoms with van der Waals surface area (Å²) in [5.74, 6) is 0.534. The summed E-state index contributed by atoms with van der Waals surface area (Å²) in [4.78, 5) is 9.42. The minimum absolute atomic E-state index is 0. The number of thiophene rings is 1. The van der Waals surface area contributed by atoms with Crippen molar-refractivity contribution >= 4 is 44.8 Å². The van der Waals surface area contributed by atoms with E-state index in [2.05, 4.69) is 165 Å². The fourth-order valence-electron chi connectivity index (χ4n) is 7.21. The van der Waals surface area contributed by atoms with Gasteiger partial charge in [0.2, 0.25) is 0 Å². The molecule has 0 spiro atoms. The number of nitrogens with zero attached hydrogens (tertiary/aromatic N) is 2. The van der Waals surface area contributed by atoms with Crippen molar-refractivity contribution in [2.45, 2.75) is 87.4 Å². The molecule has 7 rings (SSSR count). The van der Waals surface area contributed by atoms with Gasteiger partial charge in [-0.05, 0) is 92.6 Å². The summed E-state index contributed by atoms with van der Waals surface area (Å²) in [6.45, 7) is 25.1. The van der Waals surface area contributed by atoms with Crippen LogP contribution < -0.4 is 5.19 Å². The predicted molar refractivity (Wildman–Crippen MR) is 230 cm³/mol. The Bertz CT molecular complexity index is 2340. The van der Waals surface area contributed by atoms with Gasteiger partial charge >= 0.3 is 0 Å². The van der Waals surface area contributed by atoms with Crippen LogP contribution in [0, 0.1) is 38.3 Å². The van der Waals surface area contributed by atoms with Crippen LogP contribution >= 0.6 is 11.3 Å². The van der Waals surface area contributed by atoms with Crippen molar-refractivity contribution < 1.29 is 20.1 Å². The van der Waals surface area contributed by atoms with Crippen molar-refractivity contribution in [3.05, 3.63) is 137 Å². The second-order valence-electron chi connectivity index (χ2n) is 16.8. The van der Waals surface area contributed by atoms with E-state index in [1.165, 1.54) is 64.3 Å². The predicted octanol–water partition coefficient (Wildman–Crippen LogP) is 13.3. The van der Waals surface area contributed by atoms with Gasteiger partial charge in [0.15, 0.2) is 0 Å². The molecule has 0 saturated heterocycles. The van der Waals surface area contributed by atoms with Gasteiger partial charge in [-0.25, -0.2) is 0 Å². The third kappa shape index (κ3) is 9.15. The molecule has 0 amide bonds. The molecule has 0 fully saturated rings. The second kappa shape index (κ2) is 16.3. The smallest absolute Gasteiger partial charge is 0.0799 e. The zero-order chi connectivity index (χ0) is 37.4. The third-order valence-corrected chi connectivity index (χ3v) is 12.9. The van der Waals surface area contributed by atoms with Gasteiger partial charge in [-0.15, -0.1) is 59.2 Å². The van der Waals surface area contributed by atoms with Gasteiger partial charge in [0, 0.05) is 37.2 Å². The first-order valence-electron chi connectivity index (χ1n) is 18.5. The second-order valence-corrected chi connectivity index (χ2v) is 22.8. The minimum atomic E-state index is -1.34. The number of benzene rings is 4. The molecule has 2 nitrogen and oxygen atoms in total. The maximum absolute atomic E-state index is 4.75. The number of pyridine rings is 2. The molecule has 5 heteroatoms. The van der Waals surface area contributed by atoms with Crippen LogP contribution in [0.3, 0.4) is 0 Å². The van der Waals surface area contributed by atoms with Gasteiger partial charge < -0.3 is 9.97 Å². The Morgan fingerprint density at radius 3 is 2.17 bits per heavy atom. The topological polar surface area (TPSA) is 25.8 Å². The molecule has 3 heterocycles. The number of fused-ring (bicyclic) bond motifs is 3. The first-order chi connectivity index (χ1) is 24.6. The first-order valence-corrected chi connectivity index (χ1v) is 22.8. The maximum atomic E-state index is 4.75. The van der Waals surface area contributed by atoms with Gasteiger partial charge in [0.25, 0.3) is 0 Å². The van der Waals surface area contributed by atoms with E-state index in [-0.39, 0.29) is 25.5 Å². The number of aromatic nitrogens is 2. The summed E-state index contributed by atoms with van der Waals surface area (Å²) >= 11 is 1.87. The van der Waals surface area contributed by atoms with E-state index in [4.69, 9.17) is 4.98 Å². The average Bonchev–Trinajstić information content (AvgIpc) is 3.47. The van der Waals surface area contributed by atoms with Crippen LogP contribution in [0.1, 0.15) is 68.4 Å². The van der Waals surface area contributed by atoms with E-state index in [0.29, 0.717) is 5.92 Å². The Labute approximate surface area is 336 Å². The minimum Gasteiger partial charge on any atom is -0.305 e. The average molecular weight is 909 g/mol. The Balaban J connectivity index is 0.000000232. The molecule has 0 saturated carbocycles. The van der Waals surface area contributed by atoms with Crippen LogP contribution in [0.25, 0.3) is 53.8 Å². The van der Waals surface area contributed by atoms with Gasteiger partial charge in [-0.2, -0.15) is 11.3 Å². The van der Waals surface area contributed by atoms with Crippen molar-refractivity contribution in [2.75, 3.05) is 0 Å². The number of aryl methyl sites for hydroxylation is 3. The molecule has 1 radical (unpaired) electrons. The van der Waals surface area contributed by atoms with Crippen LogP contribution in [0.15, 0.2) is 97.3 Å². The van der Waals surface area contributed by atoms with Crippen molar-refractivity contribution in [2.24, 2.45) is 5.41 Å². The van der Waals surface area contributed by atoms with Gasteiger partial charge in [-0.1, -0.05) is 120 Å². The van der Waals surface area contributed by atoms with Crippen LogP contribution in [0.5, 0.6) is 0 Å². The molecule has 0 unspecified atom stereocenters. The summed E-state index contributed by atoms with van der Waals surface area (Å²) < 4.78 is 2.60. The summed E-state index contributed by atoms with van der Waals surface area (Å²) in [5, 5.41) is 4.13. The van der Waals surface area contributed by atoms with Gasteiger partial charge in [0.1, 0.15) is 0 Å². The SMILES string of the molecule is CC(C)c1cc(-c2[c-]cccc2)ncc1[Si](C)(C)C.Cc1cccc(C)c1-c1ccc2c(c1)sc1c(-c3cc(CC(C)(C)C)ccn3)[c-]cc(C)c12.[Ir]. The molecule has 7 aromatic rings. The molecule has 0 aliphatic carbocycles. The van der Waals surface area contributed by atoms with Crippen LogP contribution in [-0.2, 0) is 26.5 Å². The molecule has 53 heavy (non-hydrogen) atoms. The maximum Gasteiger partial charge on any atom is 0.0799 e. The van der Waals surface area contributed by atoms with E-state index >= 15 is 0 Å². The number of hydrogen-bond donors (Lipinski definition) is 0. The van der Waals surface area contributed by atoms with Crippen molar-refractivity contribution in [3.8, 4) is 33.6 Å². The fourth-order valence-corrected chi connectivity index (χ4v) is 10.2. The Morgan fingerprint density at radius 1 is 0.792 bits per heavy atom. The van der Waals surface area contributed by atoms with E-state index in [9.17, 15) is 0 Å². The number of hydrogen-bond acceptors (Lipinski definition) is 3. The van der Waals surface area contributed by atoms with E-state index in [1.807, 2.05) is 35.7 Å². The molecule has 3 aromatic heterocycles. The van der Waals surface area contributed by atoms with E-state index in [1.54, 1.807) is 0 Å². The summed E-state index contributed by atoms with van der Waals surface area (Å²) in [6.07, 6.45) is 5.07. The van der Waals surface area contributed by atoms with Crippen LogP contribution in [-0.4, -0.2) is 18.0 Å². The Morgan fingerprint density at radius 2 is 1.53 bits per heavy atom. The molecule has 4 aromatic carbocycles. The van der Waals surface area contributed by atoms with E-state index in [0.717, 1.165) is 28.9 Å². The van der Waals surface area contributed by atoms with E-state index < -0.39 is 8.07 Å². The zero-order valence-electron chi connectivity index (χ0n) is 33.2. The number of rotatable bonds is 6. The normalized spacial score (nSPS) is 11.8. The molecule has 0 atom stereocenters. The monoisotopic (exact) mass is 909 g/mol. The Kier molecular flexibility index (Phi) is 12.5. The molecule has 0 N–H and O–H groups in total. The van der Waals surface area contributed by atoms with Crippen molar-refractivity contribution in [1.29, 1.82) is 0 Å². The standard InChI is InChI=1S/C31H30NS.C17H22NSi.Ir/c1-19-8-7-9-20(2)28(19)23-11-13-25-27(17-23)33-30-24(12-10-21(3)29(25)30)26-16-22(14-15-32-26)18-31(4,5)6;1-13(2)15-11-16(14-9-7-6-8-10-14)18-12-17(15)19(3,4)5;/h7-11,13-17H,18H2,1-6H3;6-9,11-13H,1-5H3;/q2*-1;. The van der Waals surface area contributed by atoms with Crippen LogP contribution in [0.2, 0.25) is 19.6 Å². The third-order valence-electron chi connectivity index (χ3n) is 9.68. The largest absolute Gasteiger partial charge is 0.305 e. The molecular weight excluding hydrogens is 857 g/mol. The summed E-state index contributed by atoms with van der Waals surface area (Å²) in [6, 6.07) is 37.1.